The van der Waals surface area contributed by atoms with Crippen LogP contribution in [0.15, 0.2) is 206 Å². The lowest BCUT2D eigenvalue weighted by Gasteiger charge is -2.08. The Hall–Kier alpha value is -6.79. The van der Waals surface area contributed by atoms with Crippen LogP contribution in [0.25, 0.3) is 96.8 Å². The Labute approximate surface area is 415 Å². The molecule has 6 nitrogen and oxygen atoms in total. The molecule has 0 aliphatic carbocycles. The molecular weight excluding hydrogens is 942 g/mol. The van der Waals surface area contributed by atoms with Crippen LogP contribution in [0.3, 0.4) is 0 Å². The van der Waals surface area contributed by atoms with E-state index >= 15 is 0 Å². The van der Waals surface area contributed by atoms with Gasteiger partial charge in [0.1, 0.15) is 0 Å². The van der Waals surface area contributed by atoms with E-state index in [0.29, 0.717) is 15.5 Å². The van der Waals surface area contributed by atoms with E-state index in [9.17, 15) is 0 Å². The van der Waals surface area contributed by atoms with Crippen LogP contribution in [-0.2, 0) is 0 Å². The normalized spacial score (nSPS) is 11.0. The van der Waals surface area contributed by atoms with E-state index in [4.69, 9.17) is 54.8 Å². The van der Waals surface area contributed by atoms with E-state index in [2.05, 4.69) is 101 Å². The Morgan fingerprint density at radius 2 is 0.750 bits per heavy atom. The average molecular weight is 978 g/mol. The first kappa shape index (κ1) is 45.0. The molecule has 68 heavy (non-hydrogen) atoms. The van der Waals surface area contributed by atoms with E-state index < -0.39 is 7.12 Å². The van der Waals surface area contributed by atoms with E-state index in [-0.39, 0.29) is 5.28 Å². The van der Waals surface area contributed by atoms with Crippen molar-refractivity contribution in [2.24, 2.45) is 0 Å². The molecular formula is C56H36BCl3N4O2S2. The summed E-state index contributed by atoms with van der Waals surface area (Å²) in [7, 11) is -1.34. The molecule has 0 unspecified atom stereocenters. The Bertz CT molecular complexity index is 3680. The van der Waals surface area contributed by atoms with Crippen LogP contribution in [0.4, 0.5) is 0 Å². The van der Waals surface area contributed by atoms with E-state index in [1.807, 2.05) is 91.0 Å². The largest absolute Gasteiger partial charge is 0.488 e. The second kappa shape index (κ2) is 20.2. The van der Waals surface area contributed by atoms with E-state index in [1.165, 1.54) is 22.3 Å². The second-order valence-corrected chi connectivity index (χ2v) is 18.9. The summed E-state index contributed by atoms with van der Waals surface area (Å²) in [5, 5.41) is 20.9. The Morgan fingerprint density at radius 1 is 0.368 bits per heavy atom. The van der Waals surface area contributed by atoms with Gasteiger partial charge in [-0.05, 0) is 75.7 Å². The number of halogens is 3. The third-order valence-electron chi connectivity index (χ3n) is 11.2. The molecule has 12 aromatic rings. The fourth-order valence-corrected chi connectivity index (χ4v) is 10.6. The van der Waals surface area contributed by atoms with Gasteiger partial charge in [-0.2, -0.15) is 0 Å². The molecule has 0 spiro atoms. The van der Waals surface area contributed by atoms with Gasteiger partial charge in [0.05, 0.1) is 31.8 Å². The van der Waals surface area contributed by atoms with Gasteiger partial charge in [0.15, 0.2) is 5.82 Å². The van der Waals surface area contributed by atoms with Crippen molar-refractivity contribution in [3.8, 4) is 56.2 Å². The van der Waals surface area contributed by atoms with Gasteiger partial charge in [-0.1, -0.05) is 193 Å². The molecule has 0 saturated heterocycles. The fourth-order valence-electron chi connectivity index (χ4n) is 7.84. The number of hydrogen-bond acceptors (Lipinski definition) is 8. The third-order valence-corrected chi connectivity index (χ3v) is 14.2. The molecule has 4 heterocycles. The van der Waals surface area contributed by atoms with Crippen molar-refractivity contribution in [3.05, 3.63) is 222 Å². The highest BCUT2D eigenvalue weighted by atomic mass is 35.5. The fraction of sp³-hybridized carbons (Fsp3) is 0. The number of aromatic nitrogens is 4. The maximum Gasteiger partial charge on any atom is 0.488 e. The molecule has 0 fully saturated rings. The summed E-state index contributed by atoms with van der Waals surface area (Å²) in [4.78, 5) is 19.0. The van der Waals surface area contributed by atoms with Crippen LogP contribution >= 0.6 is 57.5 Å². The molecule has 0 aliphatic heterocycles. The lowest BCUT2D eigenvalue weighted by Crippen LogP contribution is -2.29. The van der Waals surface area contributed by atoms with Gasteiger partial charge in [-0.15, -0.1) is 22.7 Å². The molecule has 0 radical (unpaired) electrons. The summed E-state index contributed by atoms with van der Waals surface area (Å²) in [5.41, 5.74) is 11.9. The Morgan fingerprint density at radius 3 is 1.19 bits per heavy atom. The third kappa shape index (κ3) is 9.78. The lowest BCUT2D eigenvalue weighted by atomic mass is 9.81. The number of rotatable bonds is 6. The topological polar surface area (TPSA) is 92.0 Å². The number of hydrogen-bond donors (Lipinski definition) is 2. The van der Waals surface area contributed by atoms with Gasteiger partial charge in [-0.25, -0.2) is 19.9 Å². The minimum Gasteiger partial charge on any atom is -0.423 e. The van der Waals surface area contributed by atoms with Crippen LogP contribution < -0.4 is 5.46 Å². The molecule has 8 aromatic carbocycles. The Balaban J connectivity index is 0.000000136. The van der Waals surface area contributed by atoms with Crippen LogP contribution in [0.2, 0.25) is 15.3 Å². The van der Waals surface area contributed by atoms with Gasteiger partial charge in [0, 0.05) is 46.9 Å². The molecule has 2 N–H and O–H groups in total. The molecule has 4 aromatic heterocycles. The van der Waals surface area contributed by atoms with Gasteiger partial charge in [0.25, 0.3) is 0 Å². The van der Waals surface area contributed by atoms with Gasteiger partial charge in [-0.3, -0.25) is 0 Å². The van der Waals surface area contributed by atoms with Crippen molar-refractivity contribution >= 4 is 111 Å². The second-order valence-electron chi connectivity index (χ2n) is 15.6. The maximum atomic E-state index is 8.58. The number of fused-ring (bicyclic) bond motifs is 6. The van der Waals surface area contributed by atoms with Crippen molar-refractivity contribution in [2.75, 3.05) is 0 Å². The summed E-state index contributed by atoms with van der Waals surface area (Å²) < 4.78 is 4.37. The standard InChI is InChI=1S/C28H17ClN2S.C22H12Cl2N2S.C6H7BO2/c29-22-15-16-24-23(17-22)26-27(32-24)25(30-28(31-26)21-9-5-2-6-10-21)20-13-11-19(12-14-20)18-7-3-1-4-8-18;23-16-10-11-18-17(12-16)20-21(27-18)19(25-22(24)26-20)15-8-6-14(7-9-15)13-4-2-1-3-5-13;8-7(9)6-4-2-1-3-5-6/h1-17H;1-12H;1-5,8-9H. The first-order valence-electron chi connectivity index (χ1n) is 21.5. The quantitative estimate of drug-likeness (QED) is 0.127. The van der Waals surface area contributed by atoms with Crippen molar-refractivity contribution in [1.29, 1.82) is 0 Å². The minimum absolute atomic E-state index is 0.240. The van der Waals surface area contributed by atoms with Crippen molar-refractivity contribution < 1.29 is 10.0 Å². The van der Waals surface area contributed by atoms with Crippen molar-refractivity contribution in [3.63, 3.8) is 0 Å². The monoisotopic (exact) mass is 976 g/mol. The molecule has 0 bridgehead atoms. The summed E-state index contributed by atoms with van der Waals surface area (Å²) >= 11 is 22.1. The summed E-state index contributed by atoms with van der Waals surface area (Å²) in [6, 6.07) is 68.3. The van der Waals surface area contributed by atoms with Crippen LogP contribution in [-0.4, -0.2) is 37.1 Å². The molecule has 328 valence electrons. The van der Waals surface area contributed by atoms with Gasteiger partial charge < -0.3 is 10.0 Å². The predicted octanol–water partition coefficient (Wildman–Crippen LogP) is 15.4. The molecule has 12 heteroatoms. The smallest absolute Gasteiger partial charge is 0.423 e. The zero-order valence-corrected chi connectivity index (χ0v) is 39.7. The first-order chi connectivity index (χ1) is 33.3. The van der Waals surface area contributed by atoms with Crippen LogP contribution in [0.1, 0.15) is 0 Å². The van der Waals surface area contributed by atoms with Crippen LogP contribution in [0.5, 0.6) is 0 Å². The van der Waals surface area contributed by atoms with Crippen molar-refractivity contribution in [2.45, 2.75) is 0 Å². The highest BCUT2D eigenvalue weighted by Gasteiger charge is 2.18. The van der Waals surface area contributed by atoms with Crippen molar-refractivity contribution in [1.82, 2.24) is 19.9 Å². The first-order valence-corrected chi connectivity index (χ1v) is 24.3. The van der Waals surface area contributed by atoms with E-state index in [0.717, 1.165) is 74.5 Å². The maximum absolute atomic E-state index is 8.58. The van der Waals surface area contributed by atoms with Crippen LogP contribution in [0, 0.1) is 0 Å². The van der Waals surface area contributed by atoms with E-state index in [1.54, 1.807) is 46.9 Å². The highest BCUT2D eigenvalue weighted by molar-refractivity contribution is 7.26. The zero-order chi connectivity index (χ0) is 46.6. The molecule has 12 rings (SSSR count). The summed E-state index contributed by atoms with van der Waals surface area (Å²) in [6.07, 6.45) is 0. The summed E-state index contributed by atoms with van der Waals surface area (Å²) in [5.74, 6) is 0.722. The molecule has 0 saturated carbocycles. The zero-order valence-electron chi connectivity index (χ0n) is 35.8. The number of nitrogens with zero attached hydrogens (tertiary/aromatic N) is 4. The SMILES string of the molecule is Clc1ccc2sc3c(-c4ccc(-c5ccccc5)cc4)nc(-c4ccccc4)nc3c2c1.Clc1ccc2sc3c(-c4ccc(-c5ccccc5)cc4)nc(Cl)nc3c2c1.OB(O)c1ccccc1. The minimum atomic E-state index is -1.34. The average Bonchev–Trinajstić information content (AvgIpc) is 3.94. The molecule has 0 aliphatic rings. The number of thiophene rings is 2. The molecule has 0 atom stereocenters. The molecule has 0 amide bonds. The van der Waals surface area contributed by atoms with Gasteiger partial charge in [0.2, 0.25) is 5.28 Å². The predicted molar refractivity (Wildman–Crippen MR) is 288 cm³/mol. The Kier molecular flexibility index (Phi) is 13.4. The van der Waals surface area contributed by atoms with Gasteiger partial charge >= 0.3 is 7.12 Å². The lowest BCUT2D eigenvalue weighted by molar-refractivity contribution is 0.426. The highest BCUT2D eigenvalue weighted by Crippen LogP contribution is 2.42. The summed E-state index contributed by atoms with van der Waals surface area (Å²) in [6.45, 7) is 0. The number of benzene rings is 8.